The van der Waals surface area contributed by atoms with E-state index in [1.807, 2.05) is 31.2 Å². The van der Waals surface area contributed by atoms with Crippen LogP contribution in [0.15, 0.2) is 42.6 Å². The van der Waals surface area contributed by atoms with Crippen LogP contribution in [0.5, 0.6) is 0 Å². The van der Waals surface area contributed by atoms with E-state index in [0.717, 1.165) is 39.4 Å². The van der Waals surface area contributed by atoms with Crippen molar-refractivity contribution < 1.29 is 19.4 Å². The number of aromatic nitrogens is 3. The van der Waals surface area contributed by atoms with Gasteiger partial charge in [-0.3, -0.25) is 0 Å². The number of benzene rings is 2. The molecule has 0 aliphatic heterocycles. The summed E-state index contributed by atoms with van der Waals surface area (Å²) in [6, 6.07) is 10.6. The maximum Gasteiger partial charge on any atom is 0.352 e. The number of aromatic carboxylic acids is 1. The molecule has 0 aliphatic rings. The fourth-order valence-electron chi connectivity index (χ4n) is 4.93. The molecule has 3 aromatic heterocycles. The summed E-state index contributed by atoms with van der Waals surface area (Å²) >= 11 is 0. The van der Waals surface area contributed by atoms with Crippen molar-refractivity contribution in [2.45, 2.75) is 39.7 Å². The van der Waals surface area contributed by atoms with E-state index >= 15 is 0 Å². The van der Waals surface area contributed by atoms with Crippen molar-refractivity contribution in [2.24, 2.45) is 0 Å². The van der Waals surface area contributed by atoms with E-state index in [2.05, 4.69) is 28.8 Å². The molecule has 0 spiro atoms. The van der Waals surface area contributed by atoms with Gasteiger partial charge in [0.15, 0.2) is 0 Å². The summed E-state index contributed by atoms with van der Waals surface area (Å²) in [7, 11) is 0. The van der Waals surface area contributed by atoms with Gasteiger partial charge in [0, 0.05) is 44.8 Å². The zero-order chi connectivity index (χ0) is 24.1. The van der Waals surface area contributed by atoms with Gasteiger partial charge in [0.1, 0.15) is 11.5 Å². The average Bonchev–Trinajstić information content (AvgIpc) is 3.53. The van der Waals surface area contributed by atoms with Crippen LogP contribution in [0.25, 0.3) is 44.2 Å². The van der Waals surface area contributed by atoms with Gasteiger partial charge in [-0.1, -0.05) is 19.9 Å². The Balaban J connectivity index is 1.92. The molecule has 1 atom stereocenters. The number of halogens is 1. The zero-order valence-electron chi connectivity index (χ0n) is 19.2. The SMILES string of the molecule is CCC(C)c1c(-c2cc(F)cc3[nH]ccc23)[nH]c(C(=O)O)c1-c1cc(C)cc2[nH]c(CO)cc12. The monoisotopic (exact) mass is 459 g/mol. The first-order chi connectivity index (χ1) is 16.3. The predicted octanol–water partition coefficient (Wildman–Crippen LogP) is 6.46. The number of aliphatic hydroxyl groups excluding tert-OH is 1. The van der Waals surface area contributed by atoms with E-state index in [-0.39, 0.29) is 18.2 Å². The molecule has 0 saturated heterocycles. The summed E-state index contributed by atoms with van der Waals surface area (Å²) < 4.78 is 14.6. The summed E-state index contributed by atoms with van der Waals surface area (Å²) in [6.07, 6.45) is 2.52. The molecular formula is C27H26FN3O3. The van der Waals surface area contributed by atoms with Crippen LogP contribution < -0.4 is 0 Å². The third kappa shape index (κ3) is 3.40. The lowest BCUT2D eigenvalue weighted by Crippen LogP contribution is -2.01. The van der Waals surface area contributed by atoms with Gasteiger partial charge in [-0.2, -0.15) is 0 Å². The quantitative estimate of drug-likeness (QED) is 0.201. The Morgan fingerprint density at radius 1 is 1.06 bits per heavy atom. The molecule has 0 bridgehead atoms. The molecule has 3 heterocycles. The number of rotatable bonds is 6. The standard InChI is InChI=1S/C27H26FN3O3/c1-4-14(3)23-24(19-7-13(2)8-22-18(19)11-16(12-32)30-22)26(27(33)34)31-25(23)20-9-15(28)10-21-17(20)5-6-29-21/h5-11,14,29-32H,4,12H2,1-3H3,(H,33,34). The number of carboxylic acids is 1. The second-order valence-electron chi connectivity index (χ2n) is 8.90. The number of hydrogen-bond donors (Lipinski definition) is 5. The van der Waals surface area contributed by atoms with Crippen LogP contribution in [-0.4, -0.2) is 31.1 Å². The van der Waals surface area contributed by atoms with Crippen molar-refractivity contribution in [3.8, 4) is 22.4 Å². The number of aliphatic hydroxyl groups is 1. The largest absolute Gasteiger partial charge is 0.477 e. The van der Waals surface area contributed by atoms with Gasteiger partial charge in [0.2, 0.25) is 0 Å². The molecule has 0 aliphatic carbocycles. The van der Waals surface area contributed by atoms with E-state index in [9.17, 15) is 19.4 Å². The topological polar surface area (TPSA) is 105 Å². The minimum Gasteiger partial charge on any atom is -0.477 e. The molecule has 34 heavy (non-hydrogen) atoms. The van der Waals surface area contributed by atoms with Gasteiger partial charge in [0.05, 0.1) is 12.3 Å². The number of fused-ring (bicyclic) bond motifs is 2. The number of carboxylic acid groups (broad SMARTS) is 1. The van der Waals surface area contributed by atoms with E-state index in [1.165, 1.54) is 12.1 Å². The van der Waals surface area contributed by atoms with Crippen LogP contribution in [0.4, 0.5) is 4.39 Å². The number of nitrogens with one attached hydrogen (secondary N) is 3. The van der Waals surface area contributed by atoms with Crippen LogP contribution in [0.3, 0.4) is 0 Å². The van der Waals surface area contributed by atoms with Crippen molar-refractivity contribution in [1.29, 1.82) is 0 Å². The summed E-state index contributed by atoms with van der Waals surface area (Å²) in [5, 5.41) is 21.6. The number of carbonyl (C=O) groups is 1. The van der Waals surface area contributed by atoms with E-state index < -0.39 is 11.8 Å². The Morgan fingerprint density at radius 3 is 2.56 bits per heavy atom. The first-order valence-electron chi connectivity index (χ1n) is 11.3. The summed E-state index contributed by atoms with van der Waals surface area (Å²) in [5.41, 5.74) is 6.59. The lowest BCUT2D eigenvalue weighted by molar-refractivity contribution is 0.0692. The third-order valence-corrected chi connectivity index (χ3v) is 6.64. The highest BCUT2D eigenvalue weighted by Crippen LogP contribution is 2.45. The second kappa shape index (κ2) is 8.18. The smallest absolute Gasteiger partial charge is 0.352 e. The van der Waals surface area contributed by atoms with Crippen molar-refractivity contribution in [2.75, 3.05) is 0 Å². The van der Waals surface area contributed by atoms with Gasteiger partial charge in [-0.15, -0.1) is 0 Å². The highest BCUT2D eigenvalue weighted by molar-refractivity contribution is 6.07. The third-order valence-electron chi connectivity index (χ3n) is 6.64. The molecule has 0 saturated carbocycles. The number of hydrogen-bond acceptors (Lipinski definition) is 2. The second-order valence-corrected chi connectivity index (χ2v) is 8.90. The lowest BCUT2D eigenvalue weighted by atomic mass is 9.86. The fourth-order valence-corrected chi connectivity index (χ4v) is 4.93. The number of H-pyrrole nitrogens is 3. The van der Waals surface area contributed by atoms with Gasteiger partial charge in [-0.05, 0) is 66.3 Å². The number of aromatic amines is 3. The molecule has 6 nitrogen and oxygen atoms in total. The van der Waals surface area contributed by atoms with Gasteiger partial charge in [0.25, 0.3) is 0 Å². The predicted molar refractivity (Wildman–Crippen MR) is 132 cm³/mol. The molecule has 174 valence electrons. The Kier molecular flexibility index (Phi) is 5.29. The van der Waals surface area contributed by atoms with Gasteiger partial charge < -0.3 is 25.2 Å². The zero-order valence-corrected chi connectivity index (χ0v) is 19.2. The highest BCUT2D eigenvalue weighted by Gasteiger charge is 2.29. The van der Waals surface area contributed by atoms with E-state index in [0.29, 0.717) is 28.0 Å². The number of aryl methyl sites for hydroxylation is 1. The van der Waals surface area contributed by atoms with E-state index in [4.69, 9.17) is 0 Å². The molecule has 1 unspecified atom stereocenters. The van der Waals surface area contributed by atoms with Crippen LogP contribution in [0.2, 0.25) is 0 Å². The van der Waals surface area contributed by atoms with Crippen LogP contribution in [0, 0.1) is 12.7 Å². The van der Waals surface area contributed by atoms with E-state index in [1.54, 1.807) is 6.20 Å². The summed E-state index contributed by atoms with van der Waals surface area (Å²) in [4.78, 5) is 21.9. The molecule has 0 fully saturated rings. The minimum atomic E-state index is -1.08. The lowest BCUT2D eigenvalue weighted by Gasteiger charge is -2.16. The van der Waals surface area contributed by atoms with Crippen molar-refractivity contribution in [3.05, 3.63) is 70.9 Å². The van der Waals surface area contributed by atoms with Crippen LogP contribution in [-0.2, 0) is 6.61 Å². The Bertz CT molecular complexity index is 1560. The van der Waals surface area contributed by atoms with Gasteiger partial charge >= 0.3 is 5.97 Å². The molecule has 5 rings (SSSR count). The summed E-state index contributed by atoms with van der Waals surface area (Å²) in [5.74, 6) is -1.48. The maximum atomic E-state index is 14.6. The van der Waals surface area contributed by atoms with Crippen molar-refractivity contribution in [3.63, 3.8) is 0 Å². The van der Waals surface area contributed by atoms with Crippen LogP contribution in [0.1, 0.15) is 53.5 Å². The average molecular weight is 460 g/mol. The molecule has 7 heteroatoms. The molecule has 2 aromatic carbocycles. The minimum absolute atomic E-state index is 0.00146. The highest BCUT2D eigenvalue weighted by atomic mass is 19.1. The first kappa shape index (κ1) is 22.0. The van der Waals surface area contributed by atoms with Gasteiger partial charge in [-0.25, -0.2) is 9.18 Å². The molecule has 5 N–H and O–H groups in total. The fraction of sp³-hybridized carbons (Fsp3) is 0.222. The molecule has 5 aromatic rings. The van der Waals surface area contributed by atoms with Crippen molar-refractivity contribution >= 4 is 27.8 Å². The summed E-state index contributed by atoms with van der Waals surface area (Å²) in [6.45, 7) is 5.91. The molecular weight excluding hydrogens is 433 g/mol. The first-order valence-corrected chi connectivity index (χ1v) is 11.3. The normalized spacial score (nSPS) is 12.6. The molecule has 0 amide bonds. The molecule has 0 radical (unpaired) electrons. The Hall–Kier alpha value is -3.84. The maximum absolute atomic E-state index is 14.6. The Labute approximate surface area is 195 Å². The van der Waals surface area contributed by atoms with Crippen LogP contribution >= 0.6 is 0 Å². The van der Waals surface area contributed by atoms with Crippen molar-refractivity contribution in [1.82, 2.24) is 15.0 Å². The Morgan fingerprint density at radius 2 is 1.85 bits per heavy atom.